The van der Waals surface area contributed by atoms with Crippen molar-refractivity contribution < 1.29 is 4.79 Å². The lowest BCUT2D eigenvalue weighted by Gasteiger charge is -2.03. The van der Waals surface area contributed by atoms with Gasteiger partial charge in [-0.05, 0) is 20.2 Å². The first-order valence-corrected chi connectivity index (χ1v) is 3.89. The quantitative estimate of drug-likeness (QED) is 0.571. The van der Waals surface area contributed by atoms with Gasteiger partial charge >= 0.3 is 0 Å². The van der Waals surface area contributed by atoms with Crippen molar-refractivity contribution in [3.05, 3.63) is 12.2 Å². The van der Waals surface area contributed by atoms with Gasteiger partial charge in [0.2, 0.25) is 0 Å². The van der Waals surface area contributed by atoms with E-state index in [9.17, 15) is 4.79 Å². The number of nitrogens with zero attached hydrogens (tertiary/aromatic N) is 1. The maximum absolute atomic E-state index is 11.0. The Labute approximate surface area is 68.9 Å². The van der Waals surface area contributed by atoms with E-state index in [-0.39, 0.29) is 11.7 Å². The van der Waals surface area contributed by atoms with Crippen molar-refractivity contribution in [2.75, 3.05) is 20.6 Å². The first kappa shape index (κ1) is 10.4. The summed E-state index contributed by atoms with van der Waals surface area (Å²) in [5.41, 5.74) is 0. The van der Waals surface area contributed by atoms with Crippen molar-refractivity contribution in [2.24, 2.45) is 5.92 Å². The largest absolute Gasteiger partial charge is 0.306 e. The zero-order chi connectivity index (χ0) is 8.85. The van der Waals surface area contributed by atoms with Gasteiger partial charge in [0.15, 0.2) is 5.78 Å². The van der Waals surface area contributed by atoms with E-state index in [0.29, 0.717) is 0 Å². The van der Waals surface area contributed by atoms with Gasteiger partial charge in [-0.3, -0.25) is 4.79 Å². The maximum atomic E-state index is 11.0. The summed E-state index contributed by atoms with van der Waals surface area (Å²) >= 11 is 0. The van der Waals surface area contributed by atoms with Crippen molar-refractivity contribution in [3.8, 4) is 0 Å². The molecule has 0 aliphatic carbocycles. The van der Waals surface area contributed by atoms with Gasteiger partial charge in [-0.1, -0.05) is 19.9 Å². The third kappa shape index (κ3) is 5.80. The Balaban J connectivity index is 3.66. The second kappa shape index (κ2) is 5.08. The molecule has 0 heterocycles. The summed E-state index contributed by atoms with van der Waals surface area (Å²) in [5, 5.41) is 0. The Morgan fingerprint density at radius 2 is 2.00 bits per heavy atom. The van der Waals surface area contributed by atoms with Gasteiger partial charge in [0.25, 0.3) is 0 Å². The topological polar surface area (TPSA) is 20.3 Å². The zero-order valence-electron chi connectivity index (χ0n) is 7.79. The minimum atomic E-state index is 0.119. The lowest BCUT2D eigenvalue weighted by molar-refractivity contribution is -0.117. The Morgan fingerprint density at radius 1 is 1.45 bits per heavy atom. The molecule has 0 atom stereocenters. The van der Waals surface area contributed by atoms with Gasteiger partial charge in [0, 0.05) is 12.5 Å². The molecule has 0 saturated carbocycles. The van der Waals surface area contributed by atoms with Gasteiger partial charge in [-0.25, -0.2) is 0 Å². The standard InChI is InChI=1S/C9H17NO/c1-8(2)9(11)6-5-7-10(3)4/h5-6,8H,7H2,1-4H3/b6-5+. The van der Waals surface area contributed by atoms with E-state index in [1.165, 1.54) is 0 Å². The highest BCUT2D eigenvalue weighted by Gasteiger charge is 2.00. The van der Waals surface area contributed by atoms with Crippen molar-refractivity contribution >= 4 is 5.78 Å². The number of rotatable bonds is 4. The molecule has 0 aliphatic heterocycles. The van der Waals surface area contributed by atoms with E-state index in [1.54, 1.807) is 6.08 Å². The predicted octanol–water partition coefficient (Wildman–Crippen LogP) is 1.33. The number of ketones is 1. The molecule has 0 fully saturated rings. The van der Waals surface area contributed by atoms with Crippen LogP contribution in [0.25, 0.3) is 0 Å². The average Bonchev–Trinajstić information content (AvgIpc) is 1.86. The van der Waals surface area contributed by atoms with Crippen LogP contribution in [0.1, 0.15) is 13.8 Å². The molecule has 0 aromatic rings. The summed E-state index contributed by atoms with van der Waals surface area (Å²) in [5.74, 6) is 0.320. The molecule has 0 saturated heterocycles. The summed E-state index contributed by atoms with van der Waals surface area (Å²) < 4.78 is 0. The highest BCUT2D eigenvalue weighted by molar-refractivity contribution is 5.91. The van der Waals surface area contributed by atoms with E-state index in [2.05, 4.69) is 0 Å². The second-order valence-corrected chi connectivity index (χ2v) is 3.22. The Hall–Kier alpha value is -0.630. The van der Waals surface area contributed by atoms with Crippen LogP contribution in [-0.2, 0) is 4.79 Å². The monoisotopic (exact) mass is 155 g/mol. The lowest BCUT2D eigenvalue weighted by Crippen LogP contribution is -2.11. The lowest BCUT2D eigenvalue weighted by atomic mass is 10.1. The molecule has 0 unspecified atom stereocenters. The fraction of sp³-hybridized carbons (Fsp3) is 0.667. The molecule has 2 nitrogen and oxygen atoms in total. The summed E-state index contributed by atoms with van der Waals surface area (Å²) in [6.45, 7) is 4.64. The van der Waals surface area contributed by atoms with Gasteiger partial charge < -0.3 is 4.90 Å². The van der Waals surface area contributed by atoms with Crippen LogP contribution in [0, 0.1) is 5.92 Å². The molecule has 64 valence electrons. The van der Waals surface area contributed by atoms with Crippen molar-refractivity contribution in [1.82, 2.24) is 4.90 Å². The molecule has 0 amide bonds. The summed E-state index contributed by atoms with van der Waals surface area (Å²) in [4.78, 5) is 13.0. The van der Waals surface area contributed by atoms with E-state index in [0.717, 1.165) is 6.54 Å². The molecule has 0 radical (unpaired) electrons. The van der Waals surface area contributed by atoms with Gasteiger partial charge in [-0.2, -0.15) is 0 Å². The highest BCUT2D eigenvalue weighted by Crippen LogP contribution is 1.94. The molecule has 0 N–H and O–H groups in total. The number of hydrogen-bond acceptors (Lipinski definition) is 2. The first-order valence-electron chi connectivity index (χ1n) is 3.89. The van der Waals surface area contributed by atoms with Gasteiger partial charge in [-0.15, -0.1) is 0 Å². The number of carbonyl (C=O) groups excluding carboxylic acids is 1. The number of hydrogen-bond donors (Lipinski definition) is 0. The molecular formula is C9H17NO. The molecule has 2 heteroatoms. The van der Waals surface area contributed by atoms with Crippen LogP contribution in [0.15, 0.2) is 12.2 Å². The average molecular weight is 155 g/mol. The molecule has 11 heavy (non-hydrogen) atoms. The van der Waals surface area contributed by atoms with Crippen LogP contribution < -0.4 is 0 Å². The first-order chi connectivity index (χ1) is 5.04. The normalized spacial score (nSPS) is 11.8. The van der Waals surface area contributed by atoms with Crippen LogP contribution in [0.2, 0.25) is 0 Å². The maximum Gasteiger partial charge on any atom is 0.157 e. The summed E-state index contributed by atoms with van der Waals surface area (Å²) in [7, 11) is 3.95. The third-order valence-electron chi connectivity index (χ3n) is 1.32. The van der Waals surface area contributed by atoms with Crippen LogP contribution in [0.4, 0.5) is 0 Å². The van der Waals surface area contributed by atoms with Crippen LogP contribution in [0.5, 0.6) is 0 Å². The fourth-order valence-electron chi connectivity index (χ4n) is 0.572. The Morgan fingerprint density at radius 3 is 2.36 bits per heavy atom. The van der Waals surface area contributed by atoms with Crippen molar-refractivity contribution in [2.45, 2.75) is 13.8 Å². The van der Waals surface area contributed by atoms with Crippen molar-refractivity contribution in [3.63, 3.8) is 0 Å². The third-order valence-corrected chi connectivity index (χ3v) is 1.32. The Kier molecular flexibility index (Phi) is 4.79. The number of carbonyl (C=O) groups is 1. The Bertz CT molecular complexity index is 148. The highest BCUT2D eigenvalue weighted by atomic mass is 16.1. The second-order valence-electron chi connectivity index (χ2n) is 3.22. The van der Waals surface area contributed by atoms with E-state index >= 15 is 0 Å². The van der Waals surface area contributed by atoms with Crippen LogP contribution in [-0.4, -0.2) is 31.3 Å². The molecule has 0 bridgehead atoms. The fourth-order valence-corrected chi connectivity index (χ4v) is 0.572. The SMILES string of the molecule is CC(C)C(=O)/C=C/CN(C)C. The van der Waals surface area contributed by atoms with Gasteiger partial charge in [0.05, 0.1) is 0 Å². The van der Waals surface area contributed by atoms with E-state index < -0.39 is 0 Å². The van der Waals surface area contributed by atoms with Crippen LogP contribution in [0.3, 0.4) is 0 Å². The van der Waals surface area contributed by atoms with Crippen molar-refractivity contribution in [1.29, 1.82) is 0 Å². The molecule has 0 spiro atoms. The molecule has 0 aliphatic rings. The summed E-state index contributed by atoms with van der Waals surface area (Å²) in [6, 6.07) is 0. The molecule has 0 rings (SSSR count). The molecular weight excluding hydrogens is 138 g/mol. The minimum Gasteiger partial charge on any atom is -0.306 e. The molecule has 0 aromatic carbocycles. The zero-order valence-corrected chi connectivity index (χ0v) is 7.79. The number of likely N-dealkylation sites (N-methyl/N-ethyl adjacent to an activating group) is 1. The van der Waals surface area contributed by atoms with E-state index in [4.69, 9.17) is 0 Å². The predicted molar refractivity (Wildman–Crippen MR) is 47.5 cm³/mol. The van der Waals surface area contributed by atoms with Gasteiger partial charge in [0.1, 0.15) is 0 Å². The minimum absolute atomic E-state index is 0.119. The molecule has 0 aromatic heterocycles. The smallest absolute Gasteiger partial charge is 0.157 e. The van der Waals surface area contributed by atoms with E-state index in [1.807, 2.05) is 38.9 Å². The summed E-state index contributed by atoms with van der Waals surface area (Å²) in [6.07, 6.45) is 3.55. The number of allylic oxidation sites excluding steroid dienone is 1. The van der Waals surface area contributed by atoms with Crippen LogP contribution >= 0.6 is 0 Å².